The standard InChI is InChI=1S/C22H25N3O3/c1-3-4-7-12-25(15-21(26)23-20-13-16(2)28-24-20)22(27)19-11-10-17-8-5-6-9-18(17)14-19/h5-6,8-11,13-14H,3-4,7,12,15H2,1-2H3,(H,23,24,26). The molecule has 2 aromatic carbocycles. The van der Waals surface area contributed by atoms with E-state index in [1.165, 1.54) is 0 Å². The topological polar surface area (TPSA) is 75.4 Å². The molecular weight excluding hydrogens is 354 g/mol. The van der Waals surface area contributed by atoms with E-state index >= 15 is 0 Å². The van der Waals surface area contributed by atoms with Crippen molar-refractivity contribution in [2.45, 2.75) is 33.1 Å². The van der Waals surface area contributed by atoms with Crippen molar-refractivity contribution >= 4 is 28.4 Å². The molecular formula is C22H25N3O3. The van der Waals surface area contributed by atoms with Crippen LogP contribution >= 0.6 is 0 Å². The number of amides is 2. The third kappa shape index (κ3) is 4.97. The maximum atomic E-state index is 13.1. The minimum atomic E-state index is -0.293. The molecule has 6 nitrogen and oxygen atoms in total. The van der Waals surface area contributed by atoms with Gasteiger partial charge in [-0.1, -0.05) is 55.3 Å². The highest BCUT2D eigenvalue weighted by atomic mass is 16.5. The Balaban J connectivity index is 1.74. The fourth-order valence-corrected chi connectivity index (χ4v) is 3.09. The Morgan fingerprint density at radius 1 is 1.07 bits per heavy atom. The van der Waals surface area contributed by atoms with Crippen LogP contribution in [0.15, 0.2) is 53.1 Å². The van der Waals surface area contributed by atoms with Crippen molar-refractivity contribution in [3.05, 3.63) is 59.9 Å². The number of rotatable bonds is 8. The SMILES string of the molecule is CCCCCN(CC(=O)Nc1cc(C)on1)C(=O)c1ccc2ccccc2c1. The number of carbonyl (C=O) groups excluding carboxylic acids is 2. The molecule has 0 saturated carbocycles. The Hall–Kier alpha value is -3.15. The average Bonchev–Trinajstić information content (AvgIpc) is 3.10. The largest absolute Gasteiger partial charge is 0.360 e. The first-order valence-corrected chi connectivity index (χ1v) is 9.58. The van der Waals surface area contributed by atoms with Crippen LogP contribution in [0.1, 0.15) is 42.3 Å². The number of nitrogens with zero attached hydrogens (tertiary/aromatic N) is 2. The molecule has 0 aliphatic heterocycles. The van der Waals surface area contributed by atoms with Gasteiger partial charge in [0.05, 0.1) is 0 Å². The van der Waals surface area contributed by atoms with Gasteiger partial charge in [-0.25, -0.2) is 0 Å². The lowest BCUT2D eigenvalue weighted by atomic mass is 10.1. The number of carbonyl (C=O) groups is 2. The van der Waals surface area contributed by atoms with Gasteiger partial charge in [0.15, 0.2) is 5.82 Å². The van der Waals surface area contributed by atoms with Gasteiger partial charge in [0.2, 0.25) is 5.91 Å². The van der Waals surface area contributed by atoms with E-state index in [0.29, 0.717) is 23.7 Å². The summed E-state index contributed by atoms with van der Waals surface area (Å²) >= 11 is 0. The van der Waals surface area contributed by atoms with Crippen LogP contribution in [0.25, 0.3) is 10.8 Å². The molecule has 0 radical (unpaired) electrons. The first-order chi connectivity index (χ1) is 13.6. The fourth-order valence-electron chi connectivity index (χ4n) is 3.09. The zero-order valence-corrected chi connectivity index (χ0v) is 16.3. The van der Waals surface area contributed by atoms with E-state index in [1.54, 1.807) is 17.9 Å². The van der Waals surface area contributed by atoms with Crippen molar-refractivity contribution in [3.63, 3.8) is 0 Å². The summed E-state index contributed by atoms with van der Waals surface area (Å²) in [6, 6.07) is 15.2. The second-order valence-electron chi connectivity index (χ2n) is 6.87. The van der Waals surface area contributed by atoms with E-state index in [0.717, 1.165) is 30.0 Å². The molecule has 1 N–H and O–H groups in total. The molecule has 2 amide bonds. The highest BCUT2D eigenvalue weighted by molar-refractivity contribution is 6.01. The highest BCUT2D eigenvalue weighted by Crippen LogP contribution is 2.17. The van der Waals surface area contributed by atoms with Gasteiger partial charge in [0, 0.05) is 18.2 Å². The average molecular weight is 379 g/mol. The number of unbranched alkanes of at least 4 members (excludes halogenated alkanes) is 2. The summed E-state index contributed by atoms with van der Waals surface area (Å²) in [5, 5.41) is 8.53. The minimum absolute atomic E-state index is 0.0265. The number of fused-ring (bicyclic) bond motifs is 1. The molecule has 0 atom stereocenters. The summed E-state index contributed by atoms with van der Waals surface area (Å²) in [5.41, 5.74) is 0.584. The first-order valence-electron chi connectivity index (χ1n) is 9.58. The van der Waals surface area contributed by atoms with E-state index < -0.39 is 0 Å². The Morgan fingerprint density at radius 2 is 1.86 bits per heavy atom. The van der Waals surface area contributed by atoms with Gasteiger partial charge in [-0.15, -0.1) is 0 Å². The lowest BCUT2D eigenvalue weighted by molar-refractivity contribution is -0.117. The zero-order chi connectivity index (χ0) is 19.9. The Bertz CT molecular complexity index is 964. The van der Waals surface area contributed by atoms with Crippen LogP contribution < -0.4 is 5.32 Å². The quantitative estimate of drug-likeness (QED) is 0.588. The number of benzene rings is 2. The second kappa shape index (κ2) is 9.17. The summed E-state index contributed by atoms with van der Waals surface area (Å²) in [4.78, 5) is 27.1. The minimum Gasteiger partial charge on any atom is -0.360 e. The molecule has 0 bridgehead atoms. The molecule has 0 fully saturated rings. The zero-order valence-electron chi connectivity index (χ0n) is 16.3. The predicted octanol–water partition coefficient (Wildman–Crippen LogP) is 4.41. The van der Waals surface area contributed by atoms with Crippen molar-refractivity contribution in [2.75, 3.05) is 18.4 Å². The molecule has 6 heteroatoms. The van der Waals surface area contributed by atoms with Gasteiger partial charge in [-0.2, -0.15) is 0 Å². The van der Waals surface area contributed by atoms with Gasteiger partial charge >= 0.3 is 0 Å². The molecule has 0 aliphatic rings. The van der Waals surface area contributed by atoms with E-state index in [2.05, 4.69) is 17.4 Å². The van der Waals surface area contributed by atoms with E-state index in [9.17, 15) is 9.59 Å². The Kier molecular flexibility index (Phi) is 6.42. The van der Waals surface area contributed by atoms with Crippen LogP contribution in [0.3, 0.4) is 0 Å². The van der Waals surface area contributed by atoms with E-state index in [4.69, 9.17) is 4.52 Å². The van der Waals surface area contributed by atoms with Crippen LogP contribution in [0.5, 0.6) is 0 Å². The molecule has 0 aliphatic carbocycles. The number of aromatic nitrogens is 1. The van der Waals surface area contributed by atoms with Crippen molar-refractivity contribution in [1.82, 2.24) is 10.1 Å². The van der Waals surface area contributed by atoms with Crippen molar-refractivity contribution < 1.29 is 14.1 Å². The third-order valence-corrected chi connectivity index (χ3v) is 4.55. The summed E-state index contributed by atoms with van der Waals surface area (Å²) in [6.45, 7) is 4.37. The van der Waals surface area contributed by atoms with Crippen LogP contribution in [0, 0.1) is 6.92 Å². The van der Waals surface area contributed by atoms with Gasteiger partial charge in [-0.3, -0.25) is 9.59 Å². The predicted molar refractivity (Wildman–Crippen MR) is 109 cm³/mol. The lowest BCUT2D eigenvalue weighted by Crippen LogP contribution is -2.38. The maximum Gasteiger partial charge on any atom is 0.254 e. The van der Waals surface area contributed by atoms with Gasteiger partial charge in [-0.05, 0) is 36.2 Å². The summed E-state index contributed by atoms with van der Waals surface area (Å²) in [5.74, 6) is 0.531. The molecule has 0 saturated heterocycles. The number of hydrogen-bond acceptors (Lipinski definition) is 4. The molecule has 3 rings (SSSR count). The number of aryl methyl sites for hydroxylation is 1. The lowest BCUT2D eigenvalue weighted by Gasteiger charge is -2.22. The second-order valence-corrected chi connectivity index (χ2v) is 6.87. The van der Waals surface area contributed by atoms with Crippen LogP contribution in [0.2, 0.25) is 0 Å². The molecule has 1 aromatic heterocycles. The molecule has 28 heavy (non-hydrogen) atoms. The van der Waals surface area contributed by atoms with Crippen LogP contribution in [0.4, 0.5) is 5.82 Å². The van der Waals surface area contributed by atoms with Crippen LogP contribution in [-0.4, -0.2) is 35.0 Å². The Morgan fingerprint density at radius 3 is 2.57 bits per heavy atom. The van der Waals surface area contributed by atoms with Gasteiger partial charge in [0.25, 0.3) is 5.91 Å². The number of nitrogens with one attached hydrogen (secondary N) is 1. The monoisotopic (exact) mass is 379 g/mol. The normalized spacial score (nSPS) is 10.8. The highest BCUT2D eigenvalue weighted by Gasteiger charge is 2.19. The summed E-state index contributed by atoms with van der Waals surface area (Å²) < 4.78 is 4.96. The summed E-state index contributed by atoms with van der Waals surface area (Å²) in [6.07, 6.45) is 2.90. The maximum absolute atomic E-state index is 13.1. The molecule has 0 unspecified atom stereocenters. The smallest absolute Gasteiger partial charge is 0.254 e. The van der Waals surface area contributed by atoms with E-state index in [1.807, 2.05) is 42.5 Å². The van der Waals surface area contributed by atoms with Gasteiger partial charge in [0.1, 0.15) is 12.3 Å². The Labute approximate surface area is 164 Å². The van der Waals surface area contributed by atoms with Crippen molar-refractivity contribution in [1.29, 1.82) is 0 Å². The molecule has 1 heterocycles. The van der Waals surface area contributed by atoms with Crippen molar-refractivity contribution in [3.8, 4) is 0 Å². The van der Waals surface area contributed by atoms with Crippen molar-refractivity contribution in [2.24, 2.45) is 0 Å². The first kappa shape index (κ1) is 19.6. The number of hydrogen-bond donors (Lipinski definition) is 1. The molecule has 146 valence electrons. The molecule has 0 spiro atoms. The van der Waals surface area contributed by atoms with Gasteiger partial charge < -0.3 is 14.7 Å². The number of anilines is 1. The molecule has 3 aromatic rings. The summed E-state index contributed by atoms with van der Waals surface area (Å²) in [7, 11) is 0. The third-order valence-electron chi connectivity index (χ3n) is 4.55. The van der Waals surface area contributed by atoms with Crippen LogP contribution in [-0.2, 0) is 4.79 Å². The fraction of sp³-hybridized carbons (Fsp3) is 0.318. The van der Waals surface area contributed by atoms with E-state index in [-0.39, 0.29) is 18.4 Å².